The number of benzene rings is 2. The Labute approximate surface area is 153 Å². The van der Waals surface area contributed by atoms with Gasteiger partial charge in [0.15, 0.2) is 18.1 Å². The van der Waals surface area contributed by atoms with Crippen LogP contribution in [0.2, 0.25) is 0 Å². The van der Waals surface area contributed by atoms with E-state index in [-0.39, 0.29) is 12.4 Å². The van der Waals surface area contributed by atoms with E-state index in [9.17, 15) is 9.90 Å². The van der Waals surface area contributed by atoms with E-state index in [2.05, 4.69) is 26.5 Å². The third-order valence-electron chi connectivity index (χ3n) is 3.12. The molecule has 0 bridgehead atoms. The largest absolute Gasteiger partial charge is 0.504 e. The highest BCUT2D eigenvalue weighted by Gasteiger charge is 2.07. The van der Waals surface area contributed by atoms with Crippen molar-refractivity contribution in [3.05, 3.63) is 46.4 Å². The maximum absolute atomic E-state index is 11.7. The van der Waals surface area contributed by atoms with Gasteiger partial charge in [-0.3, -0.25) is 4.79 Å². The summed E-state index contributed by atoms with van der Waals surface area (Å²) in [5.41, 5.74) is 2.92. The van der Waals surface area contributed by atoms with E-state index in [0.29, 0.717) is 27.3 Å². The minimum atomic E-state index is -0.416. The zero-order valence-corrected chi connectivity index (χ0v) is 15.2. The number of phenolic OH excluding ortho intramolecular Hbond substituents is 1. The van der Waals surface area contributed by atoms with Crippen LogP contribution in [-0.2, 0) is 4.79 Å². The van der Waals surface area contributed by atoms with E-state index in [1.807, 2.05) is 0 Å². The van der Waals surface area contributed by atoms with Gasteiger partial charge in [-0.1, -0.05) is 0 Å². The average Bonchev–Trinajstić information content (AvgIpc) is 2.63. The second kappa shape index (κ2) is 8.93. The molecule has 0 atom stereocenters. The molecule has 0 aromatic heterocycles. The molecule has 0 spiro atoms. The number of amides is 1. The number of rotatable bonds is 7. The Morgan fingerprint density at radius 2 is 1.88 bits per heavy atom. The highest BCUT2D eigenvalue weighted by atomic mass is 79.9. The van der Waals surface area contributed by atoms with Gasteiger partial charge in [0.2, 0.25) is 0 Å². The molecule has 0 fully saturated rings. The first-order chi connectivity index (χ1) is 12.0. The monoisotopic (exact) mass is 408 g/mol. The first kappa shape index (κ1) is 18.6. The summed E-state index contributed by atoms with van der Waals surface area (Å²) in [7, 11) is 3.03. The minimum absolute atomic E-state index is 0.0266. The van der Waals surface area contributed by atoms with Crippen LogP contribution in [0.5, 0.6) is 23.0 Å². The third-order valence-corrected chi connectivity index (χ3v) is 3.81. The molecular weight excluding hydrogens is 392 g/mol. The number of methoxy groups -OCH3 is 2. The second-order valence-corrected chi connectivity index (χ2v) is 5.66. The van der Waals surface area contributed by atoms with Crippen LogP contribution in [0, 0.1) is 0 Å². The predicted octanol–water partition coefficient (Wildman–Crippen LogP) is 2.70. The van der Waals surface area contributed by atoms with Crippen molar-refractivity contribution in [3.8, 4) is 23.0 Å². The van der Waals surface area contributed by atoms with Gasteiger partial charge < -0.3 is 19.3 Å². The standard InChI is InChI=1S/C17H17BrN2O5/c1-23-12-3-5-13(6-4-12)25-10-17(22)20-19-9-11-7-15(21)16(24-2)8-14(11)18/h3-9,21H,10H2,1-2H3,(H,20,22)/b19-9-. The van der Waals surface area contributed by atoms with Crippen LogP contribution in [0.4, 0.5) is 0 Å². The summed E-state index contributed by atoms with van der Waals surface area (Å²) >= 11 is 3.33. The van der Waals surface area contributed by atoms with E-state index in [0.717, 1.165) is 0 Å². The second-order valence-electron chi connectivity index (χ2n) is 4.80. The highest BCUT2D eigenvalue weighted by Crippen LogP contribution is 2.31. The lowest BCUT2D eigenvalue weighted by molar-refractivity contribution is -0.123. The number of aromatic hydroxyl groups is 1. The summed E-state index contributed by atoms with van der Waals surface area (Å²) in [6, 6.07) is 9.94. The van der Waals surface area contributed by atoms with Gasteiger partial charge in [0, 0.05) is 10.0 Å². The van der Waals surface area contributed by atoms with Gasteiger partial charge in [0.05, 0.1) is 20.4 Å². The molecule has 132 valence electrons. The molecule has 0 aliphatic heterocycles. The van der Waals surface area contributed by atoms with Crippen molar-refractivity contribution in [3.63, 3.8) is 0 Å². The number of hydrazone groups is 1. The van der Waals surface area contributed by atoms with Crippen LogP contribution < -0.4 is 19.6 Å². The average molecular weight is 409 g/mol. The van der Waals surface area contributed by atoms with Crippen LogP contribution in [0.25, 0.3) is 0 Å². The van der Waals surface area contributed by atoms with Crippen molar-refractivity contribution in [1.29, 1.82) is 0 Å². The van der Waals surface area contributed by atoms with Crippen LogP contribution >= 0.6 is 15.9 Å². The molecule has 2 N–H and O–H groups in total. The number of phenols is 1. The number of hydrogen-bond acceptors (Lipinski definition) is 6. The third kappa shape index (κ3) is 5.39. The van der Waals surface area contributed by atoms with Gasteiger partial charge in [-0.05, 0) is 52.3 Å². The van der Waals surface area contributed by atoms with Gasteiger partial charge in [0.25, 0.3) is 5.91 Å². The predicted molar refractivity (Wildman–Crippen MR) is 96.6 cm³/mol. The van der Waals surface area contributed by atoms with E-state index >= 15 is 0 Å². The summed E-state index contributed by atoms with van der Waals surface area (Å²) in [5.74, 6) is 1.14. The Morgan fingerprint density at radius 1 is 1.20 bits per heavy atom. The molecule has 1 amide bonds. The lowest BCUT2D eigenvalue weighted by atomic mass is 10.2. The molecule has 2 rings (SSSR count). The van der Waals surface area contributed by atoms with Crippen LogP contribution in [0.1, 0.15) is 5.56 Å². The zero-order chi connectivity index (χ0) is 18.2. The Bertz CT molecular complexity index is 762. The molecule has 2 aromatic carbocycles. The van der Waals surface area contributed by atoms with E-state index < -0.39 is 5.91 Å². The van der Waals surface area contributed by atoms with Crippen LogP contribution in [0.3, 0.4) is 0 Å². The van der Waals surface area contributed by atoms with Crippen molar-refractivity contribution < 1.29 is 24.1 Å². The maximum atomic E-state index is 11.7. The zero-order valence-electron chi connectivity index (χ0n) is 13.7. The number of halogens is 1. The van der Waals surface area contributed by atoms with Crippen molar-refractivity contribution in [2.45, 2.75) is 0 Å². The van der Waals surface area contributed by atoms with Crippen molar-refractivity contribution in [2.75, 3.05) is 20.8 Å². The SMILES string of the molecule is COc1ccc(OCC(=O)N/N=C\c2cc(O)c(OC)cc2Br)cc1. The van der Waals surface area contributed by atoms with Crippen molar-refractivity contribution in [2.24, 2.45) is 5.10 Å². The number of nitrogens with zero attached hydrogens (tertiary/aromatic N) is 1. The van der Waals surface area contributed by atoms with Crippen molar-refractivity contribution >= 4 is 28.1 Å². The van der Waals surface area contributed by atoms with Gasteiger partial charge in [-0.25, -0.2) is 5.43 Å². The topological polar surface area (TPSA) is 89.4 Å². The molecule has 0 radical (unpaired) electrons. The summed E-state index contributed by atoms with van der Waals surface area (Å²) < 4.78 is 16.0. The summed E-state index contributed by atoms with van der Waals surface area (Å²) in [4.78, 5) is 11.7. The molecule has 0 unspecified atom stereocenters. The molecule has 0 aliphatic carbocycles. The molecule has 0 saturated carbocycles. The van der Waals surface area contributed by atoms with Gasteiger partial charge in [0.1, 0.15) is 11.5 Å². The number of hydrogen-bond donors (Lipinski definition) is 2. The minimum Gasteiger partial charge on any atom is -0.504 e. The first-order valence-corrected chi connectivity index (χ1v) is 7.98. The lowest BCUT2D eigenvalue weighted by Crippen LogP contribution is -2.24. The Hall–Kier alpha value is -2.74. The highest BCUT2D eigenvalue weighted by molar-refractivity contribution is 9.10. The molecule has 25 heavy (non-hydrogen) atoms. The summed E-state index contributed by atoms with van der Waals surface area (Å²) in [5, 5.41) is 13.6. The van der Waals surface area contributed by atoms with Crippen LogP contribution in [-0.4, -0.2) is 38.1 Å². The van der Waals surface area contributed by atoms with Crippen molar-refractivity contribution in [1.82, 2.24) is 5.43 Å². The summed E-state index contributed by atoms with van der Waals surface area (Å²) in [6.45, 7) is -0.182. The van der Waals surface area contributed by atoms with Crippen LogP contribution in [0.15, 0.2) is 46.0 Å². The Morgan fingerprint density at radius 3 is 2.52 bits per heavy atom. The lowest BCUT2D eigenvalue weighted by Gasteiger charge is -2.07. The molecule has 0 aliphatic rings. The fourth-order valence-electron chi connectivity index (χ4n) is 1.85. The van der Waals surface area contributed by atoms with Gasteiger partial charge in [-0.2, -0.15) is 5.10 Å². The van der Waals surface area contributed by atoms with E-state index in [4.69, 9.17) is 14.2 Å². The first-order valence-electron chi connectivity index (χ1n) is 7.18. The summed E-state index contributed by atoms with van der Waals surface area (Å²) in [6.07, 6.45) is 1.40. The number of nitrogens with one attached hydrogen (secondary N) is 1. The molecule has 8 heteroatoms. The molecule has 0 saturated heterocycles. The van der Waals surface area contributed by atoms with Gasteiger partial charge >= 0.3 is 0 Å². The van der Waals surface area contributed by atoms with E-state index in [1.54, 1.807) is 37.4 Å². The molecule has 2 aromatic rings. The fourth-order valence-corrected chi connectivity index (χ4v) is 2.27. The maximum Gasteiger partial charge on any atom is 0.277 e. The quantitative estimate of drug-likeness (QED) is 0.542. The normalized spacial score (nSPS) is 10.5. The molecule has 7 nitrogen and oxygen atoms in total. The van der Waals surface area contributed by atoms with E-state index in [1.165, 1.54) is 19.4 Å². The molecular formula is C17H17BrN2O5. The fraction of sp³-hybridized carbons (Fsp3) is 0.176. The smallest absolute Gasteiger partial charge is 0.277 e. The van der Waals surface area contributed by atoms with Gasteiger partial charge in [-0.15, -0.1) is 0 Å². The number of ether oxygens (including phenoxy) is 3. The number of carbonyl (C=O) groups is 1. The molecule has 0 heterocycles. The number of carbonyl (C=O) groups excluding carboxylic acids is 1. The Balaban J connectivity index is 1.86. The Kier molecular flexibility index (Phi) is 6.64.